The van der Waals surface area contributed by atoms with Gasteiger partial charge in [0.05, 0.1) is 6.10 Å². The molecule has 1 aliphatic carbocycles. The highest BCUT2D eigenvalue weighted by molar-refractivity contribution is 4.97. The molecule has 3 heteroatoms. The van der Waals surface area contributed by atoms with Crippen molar-refractivity contribution in [2.75, 3.05) is 19.8 Å². The fourth-order valence-corrected chi connectivity index (χ4v) is 2.63. The van der Waals surface area contributed by atoms with Gasteiger partial charge in [0.25, 0.3) is 0 Å². The second kappa shape index (κ2) is 9.51. The normalized spacial score (nSPS) is 24.3. The van der Waals surface area contributed by atoms with E-state index in [9.17, 15) is 0 Å². The topological polar surface area (TPSA) is 27.7 Å². The third kappa shape index (κ3) is 6.07. The Kier molecular flexibility index (Phi) is 8.35. The van der Waals surface area contributed by atoms with E-state index in [4.69, 9.17) is 14.2 Å². The molecule has 3 nitrogen and oxygen atoms in total. The first-order chi connectivity index (χ1) is 9.26. The molecular formula is C16H30O3. The zero-order valence-corrected chi connectivity index (χ0v) is 12.9. The average molecular weight is 270 g/mol. The molecule has 0 bridgehead atoms. The van der Waals surface area contributed by atoms with E-state index < -0.39 is 0 Å². The van der Waals surface area contributed by atoms with Gasteiger partial charge in [0.1, 0.15) is 0 Å². The Hall–Kier alpha value is -0.380. The van der Waals surface area contributed by atoms with E-state index in [-0.39, 0.29) is 12.4 Å². The lowest BCUT2D eigenvalue weighted by Gasteiger charge is -2.23. The molecule has 0 N–H and O–H groups in total. The summed E-state index contributed by atoms with van der Waals surface area (Å²) in [5, 5.41) is 0. The molecule has 0 saturated heterocycles. The van der Waals surface area contributed by atoms with Gasteiger partial charge in [0.2, 0.25) is 0 Å². The minimum Gasteiger partial charge on any atom is -0.378 e. The van der Waals surface area contributed by atoms with Crippen LogP contribution in [0.15, 0.2) is 12.2 Å². The van der Waals surface area contributed by atoms with Crippen LogP contribution in [-0.4, -0.2) is 32.2 Å². The minimum atomic E-state index is -0.116. The molecule has 0 aromatic carbocycles. The van der Waals surface area contributed by atoms with Crippen molar-refractivity contribution in [1.29, 1.82) is 0 Å². The third-order valence-electron chi connectivity index (χ3n) is 3.64. The van der Waals surface area contributed by atoms with Gasteiger partial charge in [0.15, 0.2) is 6.29 Å². The van der Waals surface area contributed by atoms with E-state index >= 15 is 0 Å². The lowest BCUT2D eigenvalue weighted by molar-refractivity contribution is -0.159. The van der Waals surface area contributed by atoms with Crippen molar-refractivity contribution in [3.63, 3.8) is 0 Å². The highest BCUT2D eigenvalue weighted by atomic mass is 16.7. The molecule has 0 aromatic rings. The molecule has 0 aliphatic heterocycles. The highest BCUT2D eigenvalue weighted by Gasteiger charge is 2.43. The summed E-state index contributed by atoms with van der Waals surface area (Å²) in [6, 6.07) is 0. The molecule has 0 spiro atoms. The molecule has 0 aromatic heterocycles. The monoisotopic (exact) mass is 270 g/mol. The van der Waals surface area contributed by atoms with Gasteiger partial charge in [0, 0.05) is 26.2 Å². The summed E-state index contributed by atoms with van der Waals surface area (Å²) in [6.07, 6.45) is 7.87. The van der Waals surface area contributed by atoms with Crippen LogP contribution >= 0.6 is 0 Å². The van der Waals surface area contributed by atoms with Crippen LogP contribution in [0.25, 0.3) is 0 Å². The molecule has 1 rings (SSSR count). The molecule has 3 unspecified atom stereocenters. The number of ether oxygens (including phenoxy) is 3. The van der Waals surface area contributed by atoms with Crippen LogP contribution in [0.1, 0.15) is 47.0 Å². The van der Waals surface area contributed by atoms with Gasteiger partial charge >= 0.3 is 0 Å². The van der Waals surface area contributed by atoms with Crippen LogP contribution in [-0.2, 0) is 14.2 Å². The molecule has 112 valence electrons. The number of hydrogen-bond donors (Lipinski definition) is 0. The van der Waals surface area contributed by atoms with Crippen molar-refractivity contribution < 1.29 is 14.2 Å². The van der Waals surface area contributed by atoms with E-state index in [0.29, 0.717) is 19.1 Å². The predicted octanol–water partition coefficient (Wildman–Crippen LogP) is 3.78. The van der Waals surface area contributed by atoms with E-state index in [0.717, 1.165) is 18.9 Å². The van der Waals surface area contributed by atoms with Crippen LogP contribution in [0.2, 0.25) is 0 Å². The average Bonchev–Trinajstić information content (AvgIpc) is 3.16. The zero-order chi connectivity index (χ0) is 14.1. The molecule has 19 heavy (non-hydrogen) atoms. The lowest BCUT2D eigenvalue weighted by atomic mass is 10.1. The van der Waals surface area contributed by atoms with Gasteiger partial charge in [-0.2, -0.15) is 0 Å². The number of rotatable bonds is 11. The fourth-order valence-electron chi connectivity index (χ4n) is 2.63. The van der Waals surface area contributed by atoms with Crippen LogP contribution in [0.5, 0.6) is 0 Å². The maximum Gasteiger partial charge on any atom is 0.160 e. The Morgan fingerprint density at radius 3 is 2.21 bits per heavy atom. The van der Waals surface area contributed by atoms with Crippen molar-refractivity contribution in [3.8, 4) is 0 Å². The van der Waals surface area contributed by atoms with Crippen molar-refractivity contribution in [3.05, 3.63) is 12.2 Å². The van der Waals surface area contributed by atoms with E-state index in [2.05, 4.69) is 26.0 Å². The Morgan fingerprint density at radius 1 is 1.05 bits per heavy atom. The minimum absolute atomic E-state index is 0.116. The molecule has 0 heterocycles. The highest BCUT2D eigenvalue weighted by Crippen LogP contribution is 2.46. The quantitative estimate of drug-likeness (QED) is 0.422. The summed E-state index contributed by atoms with van der Waals surface area (Å²) in [5.74, 6) is 1.47. The second-order valence-electron chi connectivity index (χ2n) is 5.03. The first-order valence-corrected chi connectivity index (χ1v) is 7.72. The Bertz CT molecular complexity index is 246. The van der Waals surface area contributed by atoms with Crippen LogP contribution in [0.3, 0.4) is 0 Å². The maximum absolute atomic E-state index is 5.92. The molecule has 1 saturated carbocycles. The van der Waals surface area contributed by atoms with Gasteiger partial charge in [-0.25, -0.2) is 0 Å². The van der Waals surface area contributed by atoms with Crippen molar-refractivity contribution in [2.45, 2.75) is 59.4 Å². The van der Waals surface area contributed by atoms with Crippen LogP contribution in [0.4, 0.5) is 0 Å². The summed E-state index contributed by atoms with van der Waals surface area (Å²) < 4.78 is 17.2. The van der Waals surface area contributed by atoms with Gasteiger partial charge in [-0.15, -0.1) is 0 Å². The zero-order valence-electron chi connectivity index (χ0n) is 12.9. The van der Waals surface area contributed by atoms with Gasteiger partial charge in [-0.1, -0.05) is 12.2 Å². The maximum atomic E-state index is 5.92. The SMILES string of the molecule is CC=CCC1CC1C(CC(OCC)OCC)OCC. The second-order valence-corrected chi connectivity index (χ2v) is 5.03. The first-order valence-electron chi connectivity index (χ1n) is 7.72. The summed E-state index contributed by atoms with van der Waals surface area (Å²) in [5.41, 5.74) is 0. The van der Waals surface area contributed by atoms with Crippen molar-refractivity contribution in [1.82, 2.24) is 0 Å². The van der Waals surface area contributed by atoms with Gasteiger partial charge in [-0.05, 0) is 52.4 Å². The van der Waals surface area contributed by atoms with Gasteiger partial charge < -0.3 is 14.2 Å². The van der Waals surface area contributed by atoms with Gasteiger partial charge in [-0.3, -0.25) is 0 Å². The molecule has 1 aliphatic rings. The number of allylic oxidation sites excluding steroid dienone is 2. The summed E-state index contributed by atoms with van der Waals surface area (Å²) in [4.78, 5) is 0. The Labute approximate surface area is 118 Å². The summed E-state index contributed by atoms with van der Waals surface area (Å²) in [6.45, 7) is 10.3. The van der Waals surface area contributed by atoms with Crippen LogP contribution in [0, 0.1) is 11.8 Å². The standard InChI is InChI=1S/C16H30O3/c1-5-9-10-13-11-14(13)15(17-6-2)12-16(18-7-3)19-8-4/h5,9,13-16H,6-8,10-12H2,1-4H3. The largest absolute Gasteiger partial charge is 0.378 e. The fraction of sp³-hybridized carbons (Fsp3) is 0.875. The third-order valence-corrected chi connectivity index (χ3v) is 3.64. The molecule has 3 atom stereocenters. The smallest absolute Gasteiger partial charge is 0.160 e. The molecule has 1 fully saturated rings. The molecular weight excluding hydrogens is 240 g/mol. The molecule has 0 amide bonds. The van der Waals surface area contributed by atoms with Crippen molar-refractivity contribution in [2.24, 2.45) is 11.8 Å². The first kappa shape index (κ1) is 16.7. The predicted molar refractivity (Wildman–Crippen MR) is 78.1 cm³/mol. The van der Waals surface area contributed by atoms with Crippen LogP contribution < -0.4 is 0 Å². The summed E-state index contributed by atoms with van der Waals surface area (Å²) >= 11 is 0. The Balaban J connectivity index is 2.43. The molecule has 0 radical (unpaired) electrons. The van der Waals surface area contributed by atoms with E-state index in [1.165, 1.54) is 12.8 Å². The van der Waals surface area contributed by atoms with E-state index in [1.54, 1.807) is 0 Å². The lowest BCUT2D eigenvalue weighted by Crippen LogP contribution is -2.28. The summed E-state index contributed by atoms with van der Waals surface area (Å²) in [7, 11) is 0. The van der Waals surface area contributed by atoms with E-state index in [1.807, 2.05) is 13.8 Å². The number of hydrogen-bond acceptors (Lipinski definition) is 3. The Morgan fingerprint density at radius 2 is 1.68 bits per heavy atom. The van der Waals surface area contributed by atoms with Crippen molar-refractivity contribution >= 4 is 0 Å².